The van der Waals surface area contributed by atoms with E-state index in [0.717, 1.165) is 73.3 Å². The van der Waals surface area contributed by atoms with E-state index in [0.29, 0.717) is 11.5 Å². The molecule has 4 nitrogen and oxygen atoms in total. The van der Waals surface area contributed by atoms with Gasteiger partial charge in [0.1, 0.15) is 23.0 Å². The van der Waals surface area contributed by atoms with Crippen LogP contribution in [0.4, 0.5) is 4.39 Å². The fourth-order valence-electron chi connectivity index (χ4n) is 7.60. The molecule has 0 amide bonds. The van der Waals surface area contributed by atoms with E-state index >= 15 is 0 Å². The molecule has 54 heavy (non-hydrogen) atoms. The summed E-state index contributed by atoms with van der Waals surface area (Å²) in [4.78, 5) is 0. The van der Waals surface area contributed by atoms with Crippen LogP contribution in [-0.4, -0.2) is 37.3 Å². The molecule has 2 aromatic carbocycles. The molecule has 2 aliphatic carbocycles. The number of hydrogen-bond donors (Lipinski definition) is 2. The second-order valence-corrected chi connectivity index (χ2v) is 15.3. The van der Waals surface area contributed by atoms with E-state index in [1.165, 1.54) is 60.0 Å². The Morgan fingerprint density at radius 3 is 1.44 bits per heavy atom. The second-order valence-electron chi connectivity index (χ2n) is 14.7. The van der Waals surface area contributed by atoms with Gasteiger partial charge >= 0.3 is 29.6 Å². The van der Waals surface area contributed by atoms with Crippen molar-refractivity contribution in [3.8, 4) is 23.0 Å². The Morgan fingerprint density at radius 1 is 0.759 bits per heavy atom. The fraction of sp³-hybridized carbons (Fsp3) is 0.574. The van der Waals surface area contributed by atoms with Crippen molar-refractivity contribution in [3.63, 3.8) is 0 Å². The van der Waals surface area contributed by atoms with Gasteiger partial charge in [0.2, 0.25) is 0 Å². The summed E-state index contributed by atoms with van der Waals surface area (Å²) in [5, 5.41) is 21.1. The Labute approximate surface area is 358 Å². The monoisotopic (exact) mass is 776 g/mol. The van der Waals surface area contributed by atoms with Gasteiger partial charge in [-0.25, -0.2) is 0 Å². The third kappa shape index (κ3) is 16.2. The third-order valence-electron chi connectivity index (χ3n) is 10.4. The molecular formula is C47H72FNaO4S. The van der Waals surface area contributed by atoms with Gasteiger partial charge in [0.15, 0.2) is 0 Å². The number of phenolic OH excluding ortho intramolecular Hbond substituents is 2. The molecule has 0 aromatic heterocycles. The van der Waals surface area contributed by atoms with Gasteiger partial charge in [0, 0.05) is 23.0 Å². The fourth-order valence-corrected chi connectivity index (χ4v) is 7.60. The van der Waals surface area contributed by atoms with Crippen molar-refractivity contribution >= 4 is 12.6 Å². The number of alkyl halides is 1. The summed E-state index contributed by atoms with van der Waals surface area (Å²) in [6.07, 6.45) is 18.1. The Hall–Kier alpha value is -2.12. The molecule has 0 spiro atoms. The first-order chi connectivity index (χ1) is 25.8. The zero-order valence-corrected chi connectivity index (χ0v) is 38.4. The van der Waals surface area contributed by atoms with Gasteiger partial charge < -0.3 is 32.3 Å². The van der Waals surface area contributed by atoms with Crippen molar-refractivity contribution in [1.29, 1.82) is 0 Å². The van der Waals surface area contributed by atoms with Crippen LogP contribution in [0.5, 0.6) is 23.0 Å². The largest absolute Gasteiger partial charge is 1.00 e. The Balaban J connectivity index is 0.000000915. The summed E-state index contributed by atoms with van der Waals surface area (Å²) in [6.45, 7) is 23.2. The van der Waals surface area contributed by atoms with Gasteiger partial charge in [-0.1, -0.05) is 94.1 Å². The van der Waals surface area contributed by atoms with Crippen LogP contribution in [-0.2, 0) is 25.5 Å². The molecule has 0 bridgehead atoms. The molecule has 2 aliphatic rings. The van der Waals surface area contributed by atoms with Crippen LogP contribution in [0.25, 0.3) is 0 Å². The number of hydrogen-bond acceptors (Lipinski definition) is 5. The van der Waals surface area contributed by atoms with Crippen LogP contribution < -0.4 is 39.0 Å². The third-order valence-corrected chi connectivity index (χ3v) is 10.4. The number of methoxy groups -OCH3 is 2. The molecular weight excluding hydrogens is 703 g/mol. The average Bonchev–Trinajstić information content (AvgIpc) is 3.12. The smallest absolute Gasteiger partial charge is 0.793 e. The quantitative estimate of drug-likeness (QED) is 0.0866. The van der Waals surface area contributed by atoms with E-state index in [2.05, 4.69) is 84.7 Å². The first kappa shape index (κ1) is 49.9. The van der Waals surface area contributed by atoms with E-state index in [9.17, 15) is 14.6 Å². The maximum Gasteiger partial charge on any atom is 1.00 e. The molecule has 2 aromatic rings. The molecule has 0 heterocycles. The van der Waals surface area contributed by atoms with E-state index in [4.69, 9.17) is 10.8 Å². The molecule has 7 heteroatoms. The summed E-state index contributed by atoms with van der Waals surface area (Å²) in [7, 11) is 2.53. The van der Waals surface area contributed by atoms with E-state index in [-0.39, 0.29) is 58.8 Å². The Bertz CT molecular complexity index is 1460. The van der Waals surface area contributed by atoms with E-state index in [1.54, 1.807) is 14.2 Å². The van der Waals surface area contributed by atoms with Gasteiger partial charge in [0.25, 0.3) is 0 Å². The van der Waals surface area contributed by atoms with Gasteiger partial charge in [-0.15, -0.1) is 0 Å². The van der Waals surface area contributed by atoms with Crippen LogP contribution >= 0.6 is 0 Å². The number of ether oxygens (including phenoxy) is 2. The average molecular weight is 776 g/mol. The van der Waals surface area contributed by atoms with Gasteiger partial charge in [0.05, 0.1) is 22.7 Å². The molecule has 0 unspecified atom stereocenters. The molecule has 298 valence electrons. The van der Waals surface area contributed by atoms with Crippen LogP contribution in [0, 0.1) is 11.8 Å². The molecule has 4 atom stereocenters. The first-order valence-electron chi connectivity index (χ1n) is 20.4. The van der Waals surface area contributed by atoms with Crippen LogP contribution in [0.2, 0.25) is 0 Å². The van der Waals surface area contributed by atoms with Crippen molar-refractivity contribution in [3.05, 3.63) is 94.1 Å². The minimum absolute atomic E-state index is 0. The number of halogens is 1. The van der Waals surface area contributed by atoms with Crippen molar-refractivity contribution in [1.82, 2.24) is 0 Å². The summed E-state index contributed by atoms with van der Waals surface area (Å²) < 4.78 is 27.1. The number of aromatic hydroxyl groups is 2. The predicted octanol–water partition coefficient (Wildman–Crippen LogP) is 10.4. The first-order valence-corrected chi connectivity index (χ1v) is 20.2. The molecule has 4 rings (SSSR count). The minimum atomic E-state index is -1.00. The van der Waals surface area contributed by atoms with Crippen molar-refractivity contribution in [2.24, 2.45) is 11.8 Å². The van der Waals surface area contributed by atoms with Crippen molar-refractivity contribution in [2.75, 3.05) is 27.1 Å². The zero-order chi connectivity index (χ0) is 40.8. The van der Waals surface area contributed by atoms with E-state index < -0.39 is 7.15 Å². The number of rotatable bonds is 14. The number of unbranched alkanes of at least 4 members (excludes halogenated alkanes) is 4. The van der Waals surface area contributed by atoms with Gasteiger partial charge in [-0.05, 0) is 126 Å². The van der Waals surface area contributed by atoms with Crippen molar-refractivity contribution < 1.29 is 55.0 Å². The summed E-state index contributed by atoms with van der Waals surface area (Å²) >= 11 is 4.39. The maximum atomic E-state index is 10.5. The number of phenols is 2. The molecule has 0 saturated carbocycles. The van der Waals surface area contributed by atoms with Crippen LogP contribution in [0.15, 0.2) is 71.9 Å². The van der Waals surface area contributed by atoms with Crippen LogP contribution in [0.3, 0.4) is 0 Å². The predicted molar refractivity (Wildman–Crippen MR) is 229 cm³/mol. The Kier molecular flexibility index (Phi) is 26.2. The molecule has 0 saturated heterocycles. The number of allylic oxidation sites excluding steroid dienone is 6. The SMILES string of the molecule is C=C(C)[C@@H]1CCC(C)=C[C@H]1c1c(O)cc(CCCCC)cc1O.C=C(C)[C@@H]1CCC(C)=C[C@H]1c1c(OC)cc(CCCCC)cc1OC.CC[S-].[2H]CF.[Na+]. The molecule has 0 aliphatic heterocycles. The molecule has 0 radical (unpaired) electrons. The second kappa shape index (κ2) is 28.3. The summed E-state index contributed by atoms with van der Waals surface area (Å²) in [5.41, 5.74) is 9.27. The molecule has 2 N–H and O–H groups in total. The summed E-state index contributed by atoms with van der Waals surface area (Å²) in [6, 6.07) is 8.08. The zero-order valence-electron chi connectivity index (χ0n) is 36.6. The van der Waals surface area contributed by atoms with E-state index in [1.807, 2.05) is 26.0 Å². The van der Waals surface area contributed by atoms with Crippen LogP contribution in [0.1, 0.15) is 148 Å². The standard InChI is InChI=1S/C23H34O2.C21H30O2.C2H6S.CH3F.Na/c1-7-8-9-10-18-14-21(24-5)23(22(15-18)25-6)20-13-17(4)11-12-19(20)16(2)3;1-5-6-7-8-16-12-19(22)21(20(23)13-16)18-11-15(4)9-10-17(18)14(2)3;1-2-3;1-2;/h13-15,19-20H,2,7-12H2,1,3-6H3;11-13,17-18,22-23H,2,5-10H2,1,3-4H3;3H,2H2,1H3;1H3;/q;;;;+1/p-1/t19-,20+;17-,18+;;;/m00.../s1/i;;;1D;. The number of benzene rings is 2. The topological polar surface area (TPSA) is 58.9 Å². The van der Waals surface area contributed by atoms with Crippen molar-refractivity contribution in [2.45, 2.75) is 137 Å². The summed E-state index contributed by atoms with van der Waals surface area (Å²) in [5.74, 6) is 4.20. The minimum Gasteiger partial charge on any atom is -0.793 e. The van der Waals surface area contributed by atoms with Gasteiger partial charge in [-0.2, -0.15) is 5.75 Å². The number of aryl methyl sites for hydroxylation is 2. The molecule has 0 fully saturated rings. The normalized spacial score (nSPS) is 19.0. The maximum absolute atomic E-state index is 10.5. The van der Waals surface area contributed by atoms with Gasteiger partial charge in [-0.3, -0.25) is 4.39 Å². The Morgan fingerprint density at radius 2 is 1.11 bits per heavy atom.